The zero-order valence-electron chi connectivity index (χ0n) is 19.6. The van der Waals surface area contributed by atoms with Gasteiger partial charge in [-0.25, -0.2) is 4.98 Å². The molecule has 7 nitrogen and oxygen atoms in total. The number of hydrogen-bond acceptors (Lipinski definition) is 6. The van der Waals surface area contributed by atoms with Crippen molar-refractivity contribution >= 4 is 45.2 Å². The van der Waals surface area contributed by atoms with Crippen LogP contribution in [0.4, 0.5) is 15.8 Å². The predicted molar refractivity (Wildman–Crippen MR) is 144 cm³/mol. The van der Waals surface area contributed by atoms with Crippen LogP contribution >= 0.6 is 11.3 Å². The Morgan fingerprint density at radius 3 is 2.73 bits per heavy atom. The Kier molecular flexibility index (Phi) is 5.10. The molecule has 1 aromatic carbocycles. The third-order valence-corrected chi connectivity index (χ3v) is 7.59. The lowest BCUT2D eigenvalue weighted by Gasteiger charge is -2.19. The summed E-state index contributed by atoms with van der Waals surface area (Å²) >= 11 is 1.08. The molecule has 0 unspecified atom stereocenters. The van der Waals surface area contributed by atoms with Crippen molar-refractivity contribution in [3.63, 3.8) is 0 Å². The average molecular weight is 509 g/mol. The summed E-state index contributed by atoms with van der Waals surface area (Å²) in [6.45, 7) is 0.671. The van der Waals surface area contributed by atoms with Crippen molar-refractivity contribution in [2.45, 2.75) is 12.8 Å². The first-order valence-electron chi connectivity index (χ1n) is 12.1. The fraction of sp³-hybridized carbons (Fsp3) is 0.143. The highest BCUT2D eigenvalue weighted by molar-refractivity contribution is 7.14. The summed E-state index contributed by atoms with van der Waals surface area (Å²) in [5.41, 5.74) is 7.93. The van der Waals surface area contributed by atoms with Gasteiger partial charge < -0.3 is 15.6 Å². The quantitative estimate of drug-likeness (QED) is 0.267. The van der Waals surface area contributed by atoms with Gasteiger partial charge in [-0.15, -0.1) is 11.3 Å². The molecule has 182 valence electrons. The maximum absolute atomic E-state index is 13.7. The van der Waals surface area contributed by atoms with Crippen molar-refractivity contribution in [1.82, 2.24) is 19.9 Å². The number of amides is 1. The van der Waals surface area contributed by atoms with Crippen LogP contribution in [0, 0.1) is 11.0 Å². The van der Waals surface area contributed by atoms with Gasteiger partial charge in [-0.05, 0) is 48.7 Å². The lowest BCUT2D eigenvalue weighted by Crippen LogP contribution is -2.13. The number of nitrogens with one attached hydrogen (secondary N) is 3. The van der Waals surface area contributed by atoms with E-state index in [0.29, 0.717) is 12.2 Å². The molecule has 0 atom stereocenters. The molecule has 7 rings (SSSR count). The number of H-pyrrole nitrogens is 1. The molecule has 0 saturated heterocycles. The fourth-order valence-electron chi connectivity index (χ4n) is 4.65. The number of carbonyl (C=O) groups excluding carboxylic acids is 1. The molecule has 9 heteroatoms. The second-order valence-electron chi connectivity index (χ2n) is 9.26. The van der Waals surface area contributed by atoms with Crippen molar-refractivity contribution in [3.8, 4) is 21.6 Å². The number of rotatable bonds is 5. The highest BCUT2D eigenvalue weighted by atomic mass is 32.1. The van der Waals surface area contributed by atoms with Gasteiger partial charge in [0.05, 0.1) is 23.6 Å². The highest BCUT2D eigenvalue weighted by Crippen LogP contribution is 2.38. The first kappa shape index (κ1) is 21.9. The van der Waals surface area contributed by atoms with Gasteiger partial charge in [0.2, 0.25) is 5.91 Å². The van der Waals surface area contributed by atoms with Crippen LogP contribution in [0.1, 0.15) is 24.2 Å². The number of nitrogens with zero attached hydrogens (tertiary/aromatic N) is 3. The van der Waals surface area contributed by atoms with E-state index in [1.165, 1.54) is 6.07 Å². The van der Waals surface area contributed by atoms with Crippen LogP contribution in [-0.4, -0.2) is 32.4 Å². The van der Waals surface area contributed by atoms with Gasteiger partial charge in [0.25, 0.3) is 0 Å². The summed E-state index contributed by atoms with van der Waals surface area (Å²) in [5.74, 6) is 0.914. The molecule has 3 N–H and O–H groups in total. The summed E-state index contributed by atoms with van der Waals surface area (Å²) in [4.78, 5) is 30.0. The number of aromatic amines is 1. The van der Waals surface area contributed by atoms with Gasteiger partial charge in [-0.3, -0.25) is 14.8 Å². The third-order valence-electron chi connectivity index (χ3n) is 6.68. The van der Waals surface area contributed by atoms with E-state index in [1.807, 2.05) is 12.1 Å². The van der Waals surface area contributed by atoms with Gasteiger partial charge in [-0.2, -0.15) is 4.39 Å². The number of pyridine rings is 2. The van der Waals surface area contributed by atoms with Gasteiger partial charge in [-0.1, -0.05) is 12.1 Å². The van der Waals surface area contributed by atoms with E-state index in [2.05, 4.69) is 43.8 Å². The molecule has 5 aromatic rings. The summed E-state index contributed by atoms with van der Waals surface area (Å²) in [6.07, 6.45) is 11.0. The zero-order chi connectivity index (χ0) is 24.9. The van der Waals surface area contributed by atoms with E-state index >= 15 is 0 Å². The molecule has 2 aliphatic rings. The summed E-state index contributed by atoms with van der Waals surface area (Å²) < 4.78 is 13.7. The van der Waals surface area contributed by atoms with Gasteiger partial charge in [0, 0.05) is 57.7 Å². The molecule has 1 aliphatic carbocycles. The minimum Gasteiger partial charge on any atom is -0.381 e. The molecular weight excluding hydrogens is 487 g/mol. The second kappa shape index (κ2) is 8.63. The minimum atomic E-state index is -0.240. The SMILES string of the molecule is O=C(Nc1cncc(-c2ccc3c(c2)C(c2nc4c(-c5ccc(F)s5)cncc4[nH]2)=CCN3)c1)C1CC1. The molecule has 1 amide bonds. The Morgan fingerprint density at radius 1 is 1.00 bits per heavy atom. The van der Waals surface area contributed by atoms with Gasteiger partial charge >= 0.3 is 0 Å². The molecule has 37 heavy (non-hydrogen) atoms. The first-order valence-corrected chi connectivity index (χ1v) is 12.9. The summed E-state index contributed by atoms with van der Waals surface area (Å²) in [7, 11) is 0. The van der Waals surface area contributed by atoms with E-state index < -0.39 is 0 Å². The van der Waals surface area contributed by atoms with Crippen LogP contribution in [-0.2, 0) is 4.79 Å². The number of carbonyl (C=O) groups is 1. The van der Waals surface area contributed by atoms with Crippen LogP contribution in [0.5, 0.6) is 0 Å². The molecular formula is C28H21FN6OS. The number of anilines is 2. The topological polar surface area (TPSA) is 95.6 Å². The summed E-state index contributed by atoms with van der Waals surface area (Å²) in [6, 6.07) is 11.4. The van der Waals surface area contributed by atoms with Crippen molar-refractivity contribution in [2.75, 3.05) is 17.2 Å². The molecule has 4 aromatic heterocycles. The van der Waals surface area contributed by atoms with Crippen molar-refractivity contribution in [2.24, 2.45) is 5.92 Å². The smallest absolute Gasteiger partial charge is 0.227 e. The van der Waals surface area contributed by atoms with E-state index in [9.17, 15) is 9.18 Å². The van der Waals surface area contributed by atoms with Crippen LogP contribution in [0.15, 0.2) is 67.3 Å². The average Bonchev–Trinajstić information content (AvgIpc) is 3.55. The van der Waals surface area contributed by atoms with Crippen LogP contribution in [0.2, 0.25) is 0 Å². The largest absolute Gasteiger partial charge is 0.381 e. The number of halogens is 1. The van der Waals surface area contributed by atoms with Gasteiger partial charge in [0.15, 0.2) is 5.13 Å². The predicted octanol–water partition coefficient (Wildman–Crippen LogP) is 6.09. The maximum atomic E-state index is 13.7. The van der Waals surface area contributed by atoms with E-state index in [0.717, 1.165) is 79.4 Å². The monoisotopic (exact) mass is 508 g/mol. The molecule has 0 radical (unpaired) electrons. The minimum absolute atomic E-state index is 0.0582. The maximum Gasteiger partial charge on any atom is 0.227 e. The van der Waals surface area contributed by atoms with E-state index in [-0.39, 0.29) is 17.0 Å². The van der Waals surface area contributed by atoms with Crippen LogP contribution in [0.3, 0.4) is 0 Å². The molecule has 5 heterocycles. The highest BCUT2D eigenvalue weighted by Gasteiger charge is 2.29. The fourth-order valence-corrected chi connectivity index (χ4v) is 5.40. The molecule has 0 bridgehead atoms. The van der Waals surface area contributed by atoms with Crippen molar-refractivity contribution in [3.05, 3.63) is 83.8 Å². The standard InChI is InChI=1S/C28H21FN6OS/c29-25-6-5-24(37-25)21-13-31-14-23-26(21)35-27(34-23)19-7-8-32-22-4-3-16(10-20(19)22)17-9-18(12-30-11-17)33-28(36)15-1-2-15/h3-7,9-15,32H,1-2,8H2,(H,33,36)(H,34,35). The Morgan fingerprint density at radius 2 is 1.89 bits per heavy atom. The summed E-state index contributed by atoms with van der Waals surface area (Å²) in [5, 5.41) is 6.17. The lowest BCUT2D eigenvalue weighted by molar-refractivity contribution is -0.117. The normalized spacial score (nSPS) is 14.7. The molecule has 1 aliphatic heterocycles. The molecule has 1 saturated carbocycles. The van der Waals surface area contributed by atoms with E-state index in [4.69, 9.17) is 4.98 Å². The lowest BCUT2D eigenvalue weighted by atomic mass is 9.95. The Labute approximate surface area is 215 Å². The number of aromatic nitrogens is 4. The molecule has 0 spiro atoms. The first-order chi connectivity index (χ1) is 18.1. The second-order valence-corrected chi connectivity index (χ2v) is 10.3. The number of fused-ring (bicyclic) bond motifs is 2. The van der Waals surface area contributed by atoms with Crippen molar-refractivity contribution in [1.29, 1.82) is 0 Å². The number of thiophene rings is 1. The Balaban J connectivity index is 1.26. The van der Waals surface area contributed by atoms with Crippen molar-refractivity contribution < 1.29 is 9.18 Å². The molecule has 1 fully saturated rings. The zero-order valence-corrected chi connectivity index (χ0v) is 20.4. The van der Waals surface area contributed by atoms with E-state index in [1.54, 1.807) is 30.9 Å². The van der Waals surface area contributed by atoms with Crippen LogP contribution in [0.25, 0.3) is 38.2 Å². The number of imidazole rings is 1. The Bertz CT molecular complexity index is 1720. The number of hydrogen-bond donors (Lipinski definition) is 3. The number of benzene rings is 1. The third kappa shape index (κ3) is 4.07. The van der Waals surface area contributed by atoms with Gasteiger partial charge in [0.1, 0.15) is 11.3 Å². The van der Waals surface area contributed by atoms with Crippen LogP contribution < -0.4 is 10.6 Å². The Hall–Kier alpha value is -4.37.